The Kier molecular flexibility index (Phi) is 2.94. The quantitative estimate of drug-likeness (QED) is 0.856. The first-order chi connectivity index (χ1) is 8.03. The van der Waals surface area contributed by atoms with Gasteiger partial charge >= 0.3 is 12.4 Å². The lowest BCUT2D eigenvalue weighted by Crippen LogP contribution is -2.26. The fourth-order valence-corrected chi connectivity index (χ4v) is 1.75. The second-order valence-corrected chi connectivity index (χ2v) is 3.67. The number of cyclic esters (lactones) is 1. The number of hydrogen-bond acceptors (Lipinski definition) is 4. The molecule has 0 spiro atoms. The predicted octanol–water partition coefficient (Wildman–Crippen LogP) is 2.21. The molecular weight excluding hydrogens is 272 g/mol. The van der Waals surface area contributed by atoms with Crippen molar-refractivity contribution in [3.63, 3.8) is 0 Å². The zero-order chi connectivity index (χ0) is 12.0. The molecule has 8 heteroatoms. The van der Waals surface area contributed by atoms with E-state index in [4.69, 9.17) is 4.74 Å². The predicted molar refractivity (Wildman–Crippen MR) is 57.1 cm³/mol. The van der Waals surface area contributed by atoms with Crippen LogP contribution in [0.15, 0.2) is 18.2 Å². The third kappa shape index (κ3) is 2.13. The normalized spacial score (nSPS) is 23.0. The molecule has 1 aromatic rings. The number of alkyl halides is 2. The summed E-state index contributed by atoms with van der Waals surface area (Å²) in [5, 5.41) is 2.54. The minimum Gasteiger partial charge on any atom is -0.447 e. The number of fused-ring (bicyclic) bond motifs is 1. The van der Waals surface area contributed by atoms with Gasteiger partial charge in [0.15, 0.2) is 11.5 Å². The van der Waals surface area contributed by atoms with Gasteiger partial charge in [-0.2, -0.15) is 0 Å². The summed E-state index contributed by atoms with van der Waals surface area (Å²) in [5.74, 6) is -0.0716. The van der Waals surface area contributed by atoms with Gasteiger partial charge in [0.25, 0.3) is 0 Å². The van der Waals surface area contributed by atoms with Crippen LogP contribution in [0, 0.1) is 0 Å². The Morgan fingerprint density at radius 3 is 2.67 bits per heavy atom. The molecule has 0 aromatic heterocycles. The lowest BCUT2D eigenvalue weighted by Gasteiger charge is -2.07. The summed E-state index contributed by atoms with van der Waals surface area (Å²) in [6, 6.07) is 3.99. The van der Waals surface area contributed by atoms with E-state index in [1.807, 2.05) is 0 Å². The Labute approximate surface area is 106 Å². The van der Waals surface area contributed by atoms with Gasteiger partial charge < -0.3 is 19.5 Å². The SMILES string of the molecule is Cl.O=C1N[C@@H](c2ccc3c(c2)OC(F)(F)O3)CO1. The van der Waals surface area contributed by atoms with Crippen LogP contribution in [0.3, 0.4) is 0 Å². The number of halogens is 3. The van der Waals surface area contributed by atoms with E-state index >= 15 is 0 Å². The zero-order valence-electron chi connectivity index (χ0n) is 8.81. The maximum Gasteiger partial charge on any atom is 0.586 e. The highest BCUT2D eigenvalue weighted by molar-refractivity contribution is 5.85. The highest BCUT2D eigenvalue weighted by Gasteiger charge is 2.43. The van der Waals surface area contributed by atoms with Gasteiger partial charge in [0.1, 0.15) is 6.61 Å². The van der Waals surface area contributed by atoms with Gasteiger partial charge in [-0.05, 0) is 17.7 Å². The van der Waals surface area contributed by atoms with Crippen LogP contribution in [0.1, 0.15) is 11.6 Å². The van der Waals surface area contributed by atoms with Crippen molar-refractivity contribution in [1.82, 2.24) is 5.32 Å². The first kappa shape index (κ1) is 12.7. The molecule has 0 bridgehead atoms. The molecule has 1 fully saturated rings. The van der Waals surface area contributed by atoms with Gasteiger partial charge in [-0.3, -0.25) is 0 Å². The second-order valence-electron chi connectivity index (χ2n) is 3.67. The highest BCUT2D eigenvalue weighted by Crippen LogP contribution is 2.42. The molecule has 1 atom stereocenters. The van der Waals surface area contributed by atoms with Crippen LogP contribution in [-0.2, 0) is 4.74 Å². The molecule has 0 radical (unpaired) electrons. The standard InChI is InChI=1S/C10H7F2NO4.ClH/c11-10(12)16-7-2-1-5(3-8(7)17-10)6-4-15-9(14)13-6;/h1-3,6H,4H2,(H,13,14);1H/t6-;/m1./s1. The van der Waals surface area contributed by atoms with Crippen LogP contribution < -0.4 is 14.8 Å². The number of ether oxygens (including phenoxy) is 3. The molecule has 0 saturated carbocycles. The van der Waals surface area contributed by atoms with Crippen molar-refractivity contribution >= 4 is 18.5 Å². The van der Waals surface area contributed by atoms with E-state index < -0.39 is 12.4 Å². The fourth-order valence-electron chi connectivity index (χ4n) is 1.75. The number of nitrogens with one attached hydrogen (secondary N) is 1. The fraction of sp³-hybridized carbons (Fsp3) is 0.300. The number of carbonyl (C=O) groups is 1. The maximum absolute atomic E-state index is 12.8. The molecule has 1 saturated heterocycles. The summed E-state index contributed by atoms with van der Waals surface area (Å²) in [6.45, 7) is 0.162. The minimum atomic E-state index is -3.63. The van der Waals surface area contributed by atoms with E-state index in [0.29, 0.717) is 5.56 Å². The first-order valence-corrected chi connectivity index (χ1v) is 4.87. The van der Waals surface area contributed by atoms with Crippen molar-refractivity contribution in [3.05, 3.63) is 23.8 Å². The van der Waals surface area contributed by atoms with Gasteiger partial charge in [0, 0.05) is 0 Å². The first-order valence-electron chi connectivity index (χ1n) is 4.87. The summed E-state index contributed by atoms with van der Waals surface area (Å²) in [4.78, 5) is 10.9. The number of amides is 1. The van der Waals surface area contributed by atoms with Crippen molar-refractivity contribution in [2.45, 2.75) is 12.3 Å². The maximum atomic E-state index is 12.8. The molecule has 1 N–H and O–H groups in total. The van der Waals surface area contributed by atoms with Gasteiger partial charge in [0.2, 0.25) is 0 Å². The van der Waals surface area contributed by atoms with Gasteiger partial charge in [0.05, 0.1) is 6.04 Å². The lowest BCUT2D eigenvalue weighted by molar-refractivity contribution is -0.286. The number of carbonyl (C=O) groups excluding carboxylic acids is 1. The third-order valence-electron chi connectivity index (χ3n) is 2.50. The second kappa shape index (κ2) is 4.16. The number of benzene rings is 1. The van der Waals surface area contributed by atoms with E-state index in [0.717, 1.165) is 0 Å². The Morgan fingerprint density at radius 2 is 2.00 bits per heavy atom. The highest BCUT2D eigenvalue weighted by atomic mass is 35.5. The Morgan fingerprint density at radius 1 is 1.28 bits per heavy atom. The van der Waals surface area contributed by atoms with Crippen molar-refractivity contribution in [1.29, 1.82) is 0 Å². The summed E-state index contributed by atoms with van der Waals surface area (Å²) < 4.78 is 38.8. The van der Waals surface area contributed by atoms with Crippen molar-refractivity contribution in [3.8, 4) is 11.5 Å². The smallest absolute Gasteiger partial charge is 0.447 e. The van der Waals surface area contributed by atoms with E-state index in [9.17, 15) is 13.6 Å². The van der Waals surface area contributed by atoms with Crippen LogP contribution in [0.2, 0.25) is 0 Å². The molecular formula is C10H8ClF2NO4. The summed E-state index contributed by atoms with van der Waals surface area (Å²) in [7, 11) is 0. The molecule has 0 aliphatic carbocycles. The Bertz CT molecular complexity index is 497. The summed E-state index contributed by atoms with van der Waals surface area (Å²) in [5.41, 5.74) is 0.621. The number of hydrogen-bond donors (Lipinski definition) is 1. The molecule has 2 aliphatic rings. The van der Waals surface area contributed by atoms with Crippen LogP contribution in [0.4, 0.5) is 13.6 Å². The zero-order valence-corrected chi connectivity index (χ0v) is 9.63. The van der Waals surface area contributed by atoms with Crippen LogP contribution in [-0.4, -0.2) is 19.0 Å². The average molecular weight is 280 g/mol. The molecule has 3 rings (SSSR count). The Balaban J connectivity index is 0.00000120. The van der Waals surface area contributed by atoms with E-state index in [2.05, 4.69) is 14.8 Å². The van der Waals surface area contributed by atoms with E-state index in [1.54, 1.807) is 6.07 Å². The summed E-state index contributed by atoms with van der Waals surface area (Å²) in [6.07, 6.45) is -4.16. The van der Waals surface area contributed by atoms with Crippen molar-refractivity contribution in [2.75, 3.05) is 6.61 Å². The molecule has 2 heterocycles. The van der Waals surface area contributed by atoms with Gasteiger partial charge in [-0.15, -0.1) is 21.2 Å². The van der Waals surface area contributed by atoms with Crippen LogP contribution in [0.5, 0.6) is 11.5 Å². The lowest BCUT2D eigenvalue weighted by atomic mass is 10.1. The molecule has 1 amide bonds. The largest absolute Gasteiger partial charge is 0.586 e. The monoisotopic (exact) mass is 279 g/mol. The van der Waals surface area contributed by atoms with E-state index in [1.165, 1.54) is 12.1 Å². The van der Waals surface area contributed by atoms with Gasteiger partial charge in [-0.25, -0.2) is 4.79 Å². The molecule has 0 unspecified atom stereocenters. The molecule has 18 heavy (non-hydrogen) atoms. The van der Waals surface area contributed by atoms with Crippen LogP contribution >= 0.6 is 12.4 Å². The minimum absolute atomic E-state index is 0. The molecule has 2 aliphatic heterocycles. The van der Waals surface area contributed by atoms with Crippen molar-refractivity contribution < 1.29 is 27.8 Å². The summed E-state index contributed by atoms with van der Waals surface area (Å²) >= 11 is 0. The average Bonchev–Trinajstić information content (AvgIpc) is 2.78. The molecule has 98 valence electrons. The number of rotatable bonds is 1. The van der Waals surface area contributed by atoms with Gasteiger partial charge in [-0.1, -0.05) is 6.07 Å². The number of alkyl carbamates (subject to hydrolysis) is 1. The molecule has 1 aromatic carbocycles. The topological polar surface area (TPSA) is 56.8 Å². The van der Waals surface area contributed by atoms with Crippen molar-refractivity contribution in [2.24, 2.45) is 0 Å². The van der Waals surface area contributed by atoms with Crippen LogP contribution in [0.25, 0.3) is 0 Å². The Hall–Kier alpha value is -1.76. The molecule has 5 nitrogen and oxygen atoms in total. The third-order valence-corrected chi connectivity index (χ3v) is 2.50. The van der Waals surface area contributed by atoms with E-state index in [-0.39, 0.29) is 36.6 Å².